The fourth-order valence-electron chi connectivity index (χ4n) is 1.81. The molecule has 0 aliphatic heterocycles. The standard InChI is InChI=1S/C12H23NO2/c1-4-6-11(12(14)15-5-2)13-8-10-7-9(10)3/h9-11,13H,4-8H2,1-3H3. The minimum atomic E-state index is -0.0947. The second-order valence-corrected chi connectivity index (χ2v) is 4.47. The molecule has 3 nitrogen and oxygen atoms in total. The zero-order chi connectivity index (χ0) is 11.3. The summed E-state index contributed by atoms with van der Waals surface area (Å²) in [6.45, 7) is 7.63. The molecule has 0 aromatic heterocycles. The Bertz CT molecular complexity index is 206. The number of esters is 1. The molecule has 1 aliphatic rings. The number of hydrogen-bond acceptors (Lipinski definition) is 3. The van der Waals surface area contributed by atoms with Crippen LogP contribution in [0.2, 0.25) is 0 Å². The van der Waals surface area contributed by atoms with E-state index in [9.17, 15) is 4.79 Å². The van der Waals surface area contributed by atoms with E-state index in [2.05, 4.69) is 19.2 Å². The number of hydrogen-bond donors (Lipinski definition) is 1. The molecule has 1 N–H and O–H groups in total. The maximum absolute atomic E-state index is 11.6. The van der Waals surface area contributed by atoms with Gasteiger partial charge in [0.2, 0.25) is 0 Å². The summed E-state index contributed by atoms with van der Waals surface area (Å²) in [6.07, 6.45) is 3.19. The molecule has 0 amide bonds. The third-order valence-electron chi connectivity index (χ3n) is 3.05. The average Bonchev–Trinajstić information content (AvgIpc) is 2.89. The normalized spacial score (nSPS) is 26.1. The maximum Gasteiger partial charge on any atom is 0.323 e. The first kappa shape index (κ1) is 12.5. The van der Waals surface area contributed by atoms with Gasteiger partial charge < -0.3 is 10.1 Å². The predicted molar refractivity (Wildman–Crippen MR) is 60.6 cm³/mol. The predicted octanol–water partition coefficient (Wildman–Crippen LogP) is 1.96. The van der Waals surface area contributed by atoms with Gasteiger partial charge in [0.25, 0.3) is 0 Å². The highest BCUT2D eigenvalue weighted by Gasteiger charge is 2.33. The van der Waals surface area contributed by atoms with Gasteiger partial charge in [-0.1, -0.05) is 20.3 Å². The summed E-state index contributed by atoms with van der Waals surface area (Å²) in [7, 11) is 0. The van der Waals surface area contributed by atoms with Crippen molar-refractivity contribution in [3.8, 4) is 0 Å². The third-order valence-corrected chi connectivity index (χ3v) is 3.05. The Hall–Kier alpha value is -0.570. The molecule has 0 aromatic rings. The van der Waals surface area contributed by atoms with Crippen LogP contribution in [0.5, 0.6) is 0 Å². The Labute approximate surface area is 92.6 Å². The van der Waals surface area contributed by atoms with Gasteiger partial charge >= 0.3 is 5.97 Å². The van der Waals surface area contributed by atoms with Crippen LogP contribution in [0.3, 0.4) is 0 Å². The lowest BCUT2D eigenvalue weighted by Crippen LogP contribution is -2.39. The molecule has 3 atom stereocenters. The van der Waals surface area contributed by atoms with Crippen molar-refractivity contribution in [1.82, 2.24) is 5.32 Å². The molecule has 3 heteroatoms. The Morgan fingerprint density at radius 2 is 2.20 bits per heavy atom. The topological polar surface area (TPSA) is 38.3 Å². The molecular formula is C12H23NO2. The van der Waals surface area contributed by atoms with Crippen LogP contribution >= 0.6 is 0 Å². The number of rotatable bonds is 7. The van der Waals surface area contributed by atoms with Crippen molar-refractivity contribution in [2.24, 2.45) is 11.8 Å². The molecule has 1 aliphatic carbocycles. The fourth-order valence-corrected chi connectivity index (χ4v) is 1.81. The molecule has 0 aromatic carbocycles. The van der Waals surface area contributed by atoms with Crippen molar-refractivity contribution in [2.45, 2.75) is 46.1 Å². The molecule has 0 radical (unpaired) electrons. The molecule has 0 bridgehead atoms. The molecule has 0 saturated heterocycles. The van der Waals surface area contributed by atoms with Gasteiger partial charge in [0.1, 0.15) is 6.04 Å². The third kappa shape index (κ3) is 4.20. The van der Waals surface area contributed by atoms with Gasteiger partial charge in [0, 0.05) is 0 Å². The highest BCUT2D eigenvalue weighted by Crippen LogP contribution is 2.36. The first-order valence-electron chi connectivity index (χ1n) is 6.09. The second kappa shape index (κ2) is 6.11. The highest BCUT2D eigenvalue weighted by molar-refractivity contribution is 5.75. The molecule has 88 valence electrons. The van der Waals surface area contributed by atoms with E-state index in [0.717, 1.165) is 31.2 Å². The number of nitrogens with one attached hydrogen (secondary N) is 1. The van der Waals surface area contributed by atoms with Gasteiger partial charge in [-0.2, -0.15) is 0 Å². The Morgan fingerprint density at radius 3 is 2.67 bits per heavy atom. The van der Waals surface area contributed by atoms with E-state index in [0.29, 0.717) is 6.61 Å². The molecule has 1 saturated carbocycles. The monoisotopic (exact) mass is 213 g/mol. The van der Waals surface area contributed by atoms with E-state index in [1.807, 2.05) is 6.92 Å². The van der Waals surface area contributed by atoms with E-state index in [1.54, 1.807) is 0 Å². The number of ether oxygens (including phenoxy) is 1. The first-order chi connectivity index (χ1) is 7.19. The van der Waals surface area contributed by atoms with Gasteiger partial charge in [0.15, 0.2) is 0 Å². The van der Waals surface area contributed by atoms with Crippen LogP contribution in [-0.2, 0) is 9.53 Å². The molecule has 1 fully saturated rings. The van der Waals surface area contributed by atoms with Gasteiger partial charge in [-0.25, -0.2) is 0 Å². The number of carbonyl (C=O) groups excluding carboxylic acids is 1. The summed E-state index contributed by atoms with van der Waals surface area (Å²) in [4.78, 5) is 11.6. The summed E-state index contributed by atoms with van der Waals surface area (Å²) in [5.41, 5.74) is 0. The van der Waals surface area contributed by atoms with Gasteiger partial charge in [-0.05, 0) is 38.1 Å². The quantitative estimate of drug-likeness (QED) is 0.657. The molecule has 15 heavy (non-hydrogen) atoms. The van der Waals surface area contributed by atoms with Crippen molar-refractivity contribution in [2.75, 3.05) is 13.2 Å². The van der Waals surface area contributed by atoms with E-state index in [4.69, 9.17) is 4.74 Å². The zero-order valence-corrected chi connectivity index (χ0v) is 10.1. The van der Waals surface area contributed by atoms with Gasteiger partial charge in [-0.15, -0.1) is 0 Å². The summed E-state index contributed by atoms with van der Waals surface area (Å²) in [5, 5.41) is 3.32. The lowest BCUT2D eigenvalue weighted by atomic mass is 10.1. The van der Waals surface area contributed by atoms with E-state index >= 15 is 0 Å². The van der Waals surface area contributed by atoms with Crippen LogP contribution in [0.25, 0.3) is 0 Å². The average molecular weight is 213 g/mol. The Balaban J connectivity index is 2.25. The summed E-state index contributed by atoms with van der Waals surface area (Å²) < 4.78 is 5.03. The molecule has 1 rings (SSSR count). The second-order valence-electron chi connectivity index (χ2n) is 4.47. The van der Waals surface area contributed by atoms with Crippen molar-refractivity contribution >= 4 is 5.97 Å². The van der Waals surface area contributed by atoms with E-state index in [1.165, 1.54) is 6.42 Å². The minimum Gasteiger partial charge on any atom is -0.465 e. The zero-order valence-electron chi connectivity index (χ0n) is 10.1. The van der Waals surface area contributed by atoms with Crippen molar-refractivity contribution < 1.29 is 9.53 Å². The van der Waals surface area contributed by atoms with Crippen LogP contribution in [0.15, 0.2) is 0 Å². The first-order valence-corrected chi connectivity index (χ1v) is 6.09. The fraction of sp³-hybridized carbons (Fsp3) is 0.917. The Kier molecular flexibility index (Phi) is 5.09. The Morgan fingerprint density at radius 1 is 1.53 bits per heavy atom. The molecule has 3 unspecified atom stereocenters. The van der Waals surface area contributed by atoms with Gasteiger partial charge in [-0.3, -0.25) is 4.79 Å². The van der Waals surface area contributed by atoms with Crippen molar-refractivity contribution in [3.05, 3.63) is 0 Å². The van der Waals surface area contributed by atoms with Crippen molar-refractivity contribution in [1.29, 1.82) is 0 Å². The van der Waals surface area contributed by atoms with E-state index < -0.39 is 0 Å². The smallest absolute Gasteiger partial charge is 0.323 e. The lowest BCUT2D eigenvalue weighted by molar-refractivity contribution is -0.145. The van der Waals surface area contributed by atoms with Crippen LogP contribution < -0.4 is 5.32 Å². The van der Waals surface area contributed by atoms with Gasteiger partial charge in [0.05, 0.1) is 6.61 Å². The lowest BCUT2D eigenvalue weighted by Gasteiger charge is -2.16. The molecule has 0 spiro atoms. The van der Waals surface area contributed by atoms with Crippen molar-refractivity contribution in [3.63, 3.8) is 0 Å². The minimum absolute atomic E-state index is 0.0901. The largest absolute Gasteiger partial charge is 0.465 e. The number of carbonyl (C=O) groups is 1. The summed E-state index contributed by atoms with van der Waals surface area (Å²) in [6, 6.07) is -0.0947. The molecule has 0 heterocycles. The maximum atomic E-state index is 11.6. The van der Waals surface area contributed by atoms with E-state index in [-0.39, 0.29) is 12.0 Å². The van der Waals surface area contributed by atoms with Crippen LogP contribution in [0.1, 0.15) is 40.0 Å². The highest BCUT2D eigenvalue weighted by atomic mass is 16.5. The SMILES string of the molecule is CCCC(NCC1CC1C)C(=O)OCC. The van der Waals surface area contributed by atoms with Crippen LogP contribution in [-0.4, -0.2) is 25.2 Å². The summed E-state index contributed by atoms with van der Waals surface area (Å²) in [5.74, 6) is 1.52. The van der Waals surface area contributed by atoms with Crippen LogP contribution in [0.4, 0.5) is 0 Å². The molecular weight excluding hydrogens is 190 g/mol. The van der Waals surface area contributed by atoms with Crippen LogP contribution in [0, 0.1) is 11.8 Å². The summed E-state index contributed by atoms with van der Waals surface area (Å²) >= 11 is 0.